The van der Waals surface area contributed by atoms with Crippen LogP contribution in [0.1, 0.15) is 19.8 Å². The molecule has 0 aromatic heterocycles. The van der Waals surface area contributed by atoms with E-state index < -0.39 is 6.72 Å². The number of fused-ring (bicyclic) bond motifs is 3. The third-order valence-electron chi connectivity index (χ3n) is 2.37. The van der Waals surface area contributed by atoms with Crippen LogP contribution in [0.5, 0.6) is 0 Å². The highest BCUT2D eigenvalue weighted by molar-refractivity contribution is 8.07. The van der Waals surface area contributed by atoms with E-state index in [1.165, 1.54) is 0 Å². The Morgan fingerprint density at radius 1 is 1.25 bits per heavy atom. The topological polar surface area (TPSA) is 27.7 Å². The van der Waals surface area contributed by atoms with E-state index in [0.29, 0.717) is 0 Å². The maximum Gasteiger partial charge on any atom is 0.327 e. The number of hydrogen-bond donors (Lipinski definition) is 0. The van der Waals surface area contributed by atoms with Gasteiger partial charge >= 0.3 is 6.72 Å². The molecule has 0 atom stereocenters. The summed E-state index contributed by atoms with van der Waals surface area (Å²) in [4.78, 5) is 0. The molecule has 0 radical (unpaired) electrons. The summed E-state index contributed by atoms with van der Waals surface area (Å²) in [5.41, 5.74) is 0.106. The van der Waals surface area contributed by atoms with E-state index >= 15 is 0 Å². The van der Waals surface area contributed by atoms with Crippen molar-refractivity contribution in [1.82, 2.24) is 0 Å². The molecule has 3 aliphatic heterocycles. The van der Waals surface area contributed by atoms with Gasteiger partial charge in [-0.05, 0) is 18.2 Å². The third-order valence-corrected chi connectivity index (χ3v) is 4.65. The first-order chi connectivity index (χ1) is 5.68. The summed E-state index contributed by atoms with van der Waals surface area (Å²) < 4.78 is 16.2. The molecule has 3 aliphatic rings. The lowest BCUT2D eigenvalue weighted by Gasteiger charge is -2.46. The van der Waals surface area contributed by atoms with E-state index in [2.05, 4.69) is 6.92 Å². The first kappa shape index (κ1) is 9.10. The molecular weight excluding hydrogens is 195 g/mol. The second-order valence-corrected chi connectivity index (χ2v) is 6.53. The van der Waals surface area contributed by atoms with Gasteiger partial charge in [-0.1, -0.05) is 13.3 Å². The largest absolute Gasteiger partial charge is 0.327 e. The highest BCUT2D eigenvalue weighted by atomic mass is 32.5. The van der Waals surface area contributed by atoms with E-state index in [1.54, 1.807) is 0 Å². The van der Waals surface area contributed by atoms with E-state index in [0.717, 1.165) is 32.7 Å². The van der Waals surface area contributed by atoms with Crippen LogP contribution in [0.15, 0.2) is 0 Å². The zero-order valence-electron chi connectivity index (χ0n) is 7.12. The van der Waals surface area contributed by atoms with Gasteiger partial charge in [-0.3, -0.25) is 0 Å². The maximum atomic E-state index is 5.40. The third kappa shape index (κ3) is 1.47. The molecule has 0 aromatic rings. The summed E-state index contributed by atoms with van der Waals surface area (Å²) in [6, 6.07) is 0. The van der Waals surface area contributed by atoms with Gasteiger partial charge in [-0.25, -0.2) is 0 Å². The minimum Gasteiger partial charge on any atom is -0.308 e. The predicted molar refractivity (Wildman–Crippen MR) is 49.5 cm³/mol. The summed E-state index contributed by atoms with van der Waals surface area (Å²) in [6.45, 7) is 2.10. The van der Waals surface area contributed by atoms with Crippen LogP contribution in [0.2, 0.25) is 0 Å². The molecule has 0 spiro atoms. The molecule has 0 aliphatic carbocycles. The van der Waals surface area contributed by atoms with Crippen LogP contribution in [0.3, 0.4) is 0 Å². The van der Waals surface area contributed by atoms with Crippen molar-refractivity contribution in [3.63, 3.8) is 0 Å². The Hall–Kier alpha value is 0.530. The smallest absolute Gasteiger partial charge is 0.308 e. The lowest BCUT2D eigenvalue weighted by molar-refractivity contribution is -0.0790. The molecule has 0 unspecified atom stereocenters. The molecule has 12 heavy (non-hydrogen) atoms. The maximum absolute atomic E-state index is 5.40. The molecular formula is C7H13O3PS. The minimum absolute atomic E-state index is 0.106. The summed E-state index contributed by atoms with van der Waals surface area (Å²) in [6.07, 6.45) is 2.24. The van der Waals surface area contributed by atoms with E-state index in [4.69, 9.17) is 25.4 Å². The molecule has 70 valence electrons. The van der Waals surface area contributed by atoms with Crippen LogP contribution < -0.4 is 0 Å². The van der Waals surface area contributed by atoms with Gasteiger partial charge in [0.25, 0.3) is 0 Å². The zero-order valence-corrected chi connectivity index (χ0v) is 8.83. The van der Waals surface area contributed by atoms with Gasteiger partial charge < -0.3 is 13.6 Å². The molecule has 0 N–H and O–H groups in total. The summed E-state index contributed by atoms with van der Waals surface area (Å²) >= 11 is 5.07. The van der Waals surface area contributed by atoms with E-state index in [1.807, 2.05) is 0 Å². The summed E-state index contributed by atoms with van der Waals surface area (Å²) in [5.74, 6) is 0. The molecule has 0 amide bonds. The fraction of sp³-hybridized carbons (Fsp3) is 1.00. The Balaban J connectivity index is 2.09. The fourth-order valence-corrected chi connectivity index (χ4v) is 3.63. The van der Waals surface area contributed by atoms with Crippen LogP contribution in [-0.2, 0) is 25.4 Å². The molecule has 3 fully saturated rings. The molecule has 2 bridgehead atoms. The molecule has 5 heteroatoms. The van der Waals surface area contributed by atoms with Crippen molar-refractivity contribution in [2.75, 3.05) is 19.8 Å². The van der Waals surface area contributed by atoms with Gasteiger partial charge in [-0.2, -0.15) is 0 Å². The quantitative estimate of drug-likeness (QED) is 0.649. The van der Waals surface area contributed by atoms with Gasteiger partial charge in [0.15, 0.2) is 0 Å². The Bertz CT molecular complexity index is 199. The first-order valence-electron chi connectivity index (χ1n) is 4.22. The van der Waals surface area contributed by atoms with Crippen LogP contribution in [0, 0.1) is 5.41 Å². The second-order valence-electron chi connectivity index (χ2n) is 3.52. The van der Waals surface area contributed by atoms with Crippen LogP contribution >= 0.6 is 6.72 Å². The van der Waals surface area contributed by atoms with Crippen molar-refractivity contribution >= 4 is 18.5 Å². The average molecular weight is 208 g/mol. The Kier molecular flexibility index (Phi) is 2.30. The Morgan fingerprint density at radius 3 is 2.17 bits per heavy atom. The predicted octanol–water partition coefficient (Wildman–Crippen LogP) is 2.07. The molecule has 3 nitrogen and oxygen atoms in total. The summed E-state index contributed by atoms with van der Waals surface area (Å²) in [5, 5.41) is 0. The SMILES string of the molecule is CCCC12COP(=S)(OC1)OC2. The van der Waals surface area contributed by atoms with Crippen molar-refractivity contribution in [1.29, 1.82) is 0 Å². The Labute approximate surface area is 77.6 Å². The van der Waals surface area contributed by atoms with Crippen LogP contribution in [0.4, 0.5) is 0 Å². The lowest BCUT2D eigenvalue weighted by Crippen LogP contribution is -2.44. The number of hydrogen-bond acceptors (Lipinski definition) is 4. The lowest BCUT2D eigenvalue weighted by atomic mass is 9.86. The molecule has 0 aromatic carbocycles. The van der Waals surface area contributed by atoms with Crippen molar-refractivity contribution in [3.8, 4) is 0 Å². The molecule has 0 saturated carbocycles. The van der Waals surface area contributed by atoms with Crippen molar-refractivity contribution in [3.05, 3.63) is 0 Å². The van der Waals surface area contributed by atoms with E-state index in [9.17, 15) is 0 Å². The van der Waals surface area contributed by atoms with Gasteiger partial charge in [0.05, 0.1) is 19.8 Å². The monoisotopic (exact) mass is 208 g/mol. The van der Waals surface area contributed by atoms with Gasteiger partial charge in [0, 0.05) is 5.41 Å². The molecule has 3 heterocycles. The van der Waals surface area contributed by atoms with Crippen molar-refractivity contribution in [2.24, 2.45) is 5.41 Å². The Morgan fingerprint density at radius 2 is 1.75 bits per heavy atom. The fourth-order valence-electron chi connectivity index (χ4n) is 1.63. The molecule has 3 rings (SSSR count). The number of rotatable bonds is 2. The van der Waals surface area contributed by atoms with Crippen LogP contribution in [-0.4, -0.2) is 19.8 Å². The molecule has 3 saturated heterocycles. The second kappa shape index (κ2) is 3.03. The van der Waals surface area contributed by atoms with E-state index in [-0.39, 0.29) is 5.41 Å². The van der Waals surface area contributed by atoms with Crippen molar-refractivity contribution < 1.29 is 13.6 Å². The van der Waals surface area contributed by atoms with Gasteiger partial charge in [0.2, 0.25) is 0 Å². The summed E-state index contributed by atoms with van der Waals surface area (Å²) in [7, 11) is 0. The van der Waals surface area contributed by atoms with Crippen molar-refractivity contribution in [2.45, 2.75) is 19.8 Å². The standard InChI is InChI=1S/C7H13O3PS/c1-2-3-7-4-8-11(12,9-5-7)10-6-7/h2-6H2,1H3. The van der Waals surface area contributed by atoms with Gasteiger partial charge in [-0.15, -0.1) is 0 Å². The zero-order chi connectivity index (χ0) is 8.66. The minimum atomic E-state index is -2.26. The first-order valence-corrected chi connectivity index (χ1v) is 6.77. The highest BCUT2D eigenvalue weighted by Gasteiger charge is 2.46. The average Bonchev–Trinajstić information content (AvgIpc) is 2.08. The highest BCUT2D eigenvalue weighted by Crippen LogP contribution is 2.61. The normalized spacial score (nSPS) is 46.4. The van der Waals surface area contributed by atoms with Crippen LogP contribution in [0.25, 0.3) is 0 Å². The van der Waals surface area contributed by atoms with Gasteiger partial charge in [0.1, 0.15) is 0 Å².